The monoisotopic (exact) mass is 288 g/mol. The first-order valence-electron chi connectivity index (χ1n) is 4.95. The van der Waals surface area contributed by atoms with Crippen LogP contribution in [-0.2, 0) is 37.4 Å². The zero-order valence-electron chi connectivity index (χ0n) is 9.69. The van der Waals surface area contributed by atoms with Crippen LogP contribution in [0, 0.1) is 6.42 Å². The van der Waals surface area contributed by atoms with Gasteiger partial charge in [0.15, 0.2) is 0 Å². The van der Waals surface area contributed by atoms with Crippen LogP contribution < -0.4 is 5.73 Å². The summed E-state index contributed by atoms with van der Waals surface area (Å²) in [5.41, 5.74) is 5.27. The minimum absolute atomic E-state index is 0. The maximum Gasteiger partial charge on any atom is 0.407 e. The number of carbonyl (C=O) groups excluding carboxylic acids is 1. The van der Waals surface area contributed by atoms with E-state index in [0.29, 0.717) is 13.1 Å². The van der Waals surface area contributed by atoms with Gasteiger partial charge >= 0.3 is 6.09 Å². The average molecular weight is 288 g/mol. The minimum atomic E-state index is -0.420. The van der Waals surface area contributed by atoms with E-state index >= 15 is 0 Å². The van der Waals surface area contributed by atoms with Gasteiger partial charge in [0.05, 0.1) is 0 Å². The normalized spacial score (nSPS) is 21.9. The van der Waals surface area contributed by atoms with Crippen LogP contribution in [0.25, 0.3) is 0 Å². The van der Waals surface area contributed by atoms with Gasteiger partial charge in [-0.15, -0.1) is 6.04 Å². The number of amides is 1. The summed E-state index contributed by atoms with van der Waals surface area (Å²) in [7, 11) is 0. The van der Waals surface area contributed by atoms with Gasteiger partial charge in [0.25, 0.3) is 0 Å². The second-order valence-electron chi connectivity index (χ2n) is 4.61. The SMILES string of the molecule is CC(C)(C)OC(=O)N1C[CH-][C@H](N)CC1.[Y]. The summed E-state index contributed by atoms with van der Waals surface area (Å²) in [5, 5.41) is 0. The summed E-state index contributed by atoms with van der Waals surface area (Å²) < 4.78 is 5.24. The molecule has 0 aromatic heterocycles. The molecular formula is C10H19N2O2Y-. The summed E-state index contributed by atoms with van der Waals surface area (Å²) in [5.74, 6) is 0. The van der Waals surface area contributed by atoms with Gasteiger partial charge in [-0.3, -0.25) is 6.42 Å². The zero-order chi connectivity index (χ0) is 10.8. The first-order valence-corrected chi connectivity index (χ1v) is 4.95. The Morgan fingerprint density at radius 1 is 1.53 bits per heavy atom. The quantitative estimate of drug-likeness (QED) is 0.680. The number of carbonyl (C=O) groups is 1. The second kappa shape index (κ2) is 6.16. The molecule has 1 saturated heterocycles. The fraction of sp³-hybridized carbons (Fsp3) is 0.800. The zero-order valence-corrected chi connectivity index (χ0v) is 12.5. The van der Waals surface area contributed by atoms with E-state index in [0.717, 1.165) is 6.42 Å². The molecule has 15 heavy (non-hydrogen) atoms. The van der Waals surface area contributed by atoms with Crippen molar-refractivity contribution >= 4 is 6.09 Å². The van der Waals surface area contributed by atoms with Crippen molar-refractivity contribution in [3.63, 3.8) is 0 Å². The van der Waals surface area contributed by atoms with Crippen LogP contribution in [0.2, 0.25) is 0 Å². The van der Waals surface area contributed by atoms with Crippen molar-refractivity contribution in [2.24, 2.45) is 5.73 Å². The van der Waals surface area contributed by atoms with E-state index in [9.17, 15) is 4.79 Å². The Morgan fingerprint density at radius 3 is 2.53 bits per heavy atom. The van der Waals surface area contributed by atoms with Gasteiger partial charge in [-0.05, 0) is 27.2 Å². The molecule has 1 amide bonds. The van der Waals surface area contributed by atoms with E-state index in [4.69, 9.17) is 10.5 Å². The van der Waals surface area contributed by atoms with E-state index < -0.39 is 5.60 Å². The van der Waals surface area contributed by atoms with E-state index in [1.807, 2.05) is 27.2 Å². The van der Waals surface area contributed by atoms with Crippen molar-refractivity contribution in [2.75, 3.05) is 13.1 Å². The molecule has 85 valence electrons. The van der Waals surface area contributed by atoms with Gasteiger partial charge in [0.1, 0.15) is 5.60 Å². The van der Waals surface area contributed by atoms with Gasteiger partial charge in [-0.2, -0.15) is 0 Å². The summed E-state index contributed by atoms with van der Waals surface area (Å²) in [4.78, 5) is 13.2. The van der Waals surface area contributed by atoms with Crippen LogP contribution in [0.3, 0.4) is 0 Å². The first kappa shape index (κ1) is 15.3. The van der Waals surface area contributed by atoms with Crippen LogP contribution in [0.4, 0.5) is 4.79 Å². The fourth-order valence-corrected chi connectivity index (χ4v) is 1.27. The molecule has 0 unspecified atom stereocenters. The third-order valence-electron chi connectivity index (χ3n) is 2.01. The summed E-state index contributed by atoms with van der Waals surface area (Å²) in [6.07, 6.45) is 2.51. The van der Waals surface area contributed by atoms with Gasteiger partial charge in [-0.1, -0.05) is 6.54 Å². The standard InChI is InChI=1S/C10H19N2O2.Y/c1-10(2,3)14-9(13)12-6-4-8(11)5-7-12;/h4,8H,5-7,11H2,1-3H3;/q-1;/t8-;/m0./s1. The summed E-state index contributed by atoms with van der Waals surface area (Å²) in [6.45, 7) is 6.88. The van der Waals surface area contributed by atoms with E-state index in [2.05, 4.69) is 0 Å². The molecule has 0 bridgehead atoms. The molecule has 1 atom stereocenters. The maximum atomic E-state index is 11.6. The Bertz CT molecular complexity index is 208. The molecule has 0 aromatic rings. The second-order valence-corrected chi connectivity index (χ2v) is 4.61. The number of piperidine rings is 1. The molecule has 5 heteroatoms. The Morgan fingerprint density at radius 2 is 2.13 bits per heavy atom. The van der Waals surface area contributed by atoms with E-state index in [1.165, 1.54) is 0 Å². The molecule has 4 nitrogen and oxygen atoms in total. The van der Waals surface area contributed by atoms with Crippen LogP contribution in [0.1, 0.15) is 27.2 Å². The Labute approximate surface area is 117 Å². The first-order chi connectivity index (χ1) is 6.38. The number of nitrogens with zero attached hydrogens (tertiary/aromatic N) is 1. The van der Waals surface area contributed by atoms with Crippen LogP contribution in [-0.4, -0.2) is 35.7 Å². The predicted molar refractivity (Wildman–Crippen MR) is 54.7 cm³/mol. The van der Waals surface area contributed by atoms with Crippen molar-refractivity contribution in [3.8, 4) is 0 Å². The third-order valence-corrected chi connectivity index (χ3v) is 2.01. The van der Waals surface area contributed by atoms with Gasteiger partial charge in [0, 0.05) is 39.3 Å². The molecule has 0 spiro atoms. The Hall–Kier alpha value is 0.334. The topological polar surface area (TPSA) is 55.6 Å². The minimum Gasteiger partial charge on any atom is -0.444 e. The van der Waals surface area contributed by atoms with Gasteiger partial charge in [-0.25, -0.2) is 4.79 Å². The van der Waals surface area contributed by atoms with Crippen molar-refractivity contribution < 1.29 is 42.2 Å². The predicted octanol–water partition coefficient (Wildman–Crippen LogP) is 1.16. The van der Waals surface area contributed by atoms with E-state index in [-0.39, 0.29) is 44.8 Å². The molecule has 0 saturated carbocycles. The Kier molecular flexibility index (Phi) is 6.30. The number of likely N-dealkylation sites (tertiary alicyclic amines) is 1. The molecule has 1 radical (unpaired) electrons. The number of rotatable bonds is 0. The van der Waals surface area contributed by atoms with Crippen molar-refractivity contribution in [1.29, 1.82) is 0 Å². The molecule has 0 aliphatic carbocycles. The average Bonchev–Trinajstić information content (AvgIpc) is 2.02. The number of ether oxygens (including phenoxy) is 1. The van der Waals surface area contributed by atoms with Crippen LogP contribution in [0.15, 0.2) is 0 Å². The molecule has 1 rings (SSSR count). The molecular weight excluding hydrogens is 269 g/mol. The Balaban J connectivity index is 0.00000196. The largest absolute Gasteiger partial charge is 0.444 e. The van der Waals surface area contributed by atoms with Crippen molar-refractivity contribution in [3.05, 3.63) is 6.42 Å². The molecule has 1 aliphatic heterocycles. The summed E-state index contributed by atoms with van der Waals surface area (Å²) in [6, 6.07) is 0.119. The van der Waals surface area contributed by atoms with Gasteiger partial charge in [0.2, 0.25) is 0 Å². The van der Waals surface area contributed by atoms with Crippen molar-refractivity contribution in [1.82, 2.24) is 4.90 Å². The molecule has 1 fully saturated rings. The number of hydrogen-bond acceptors (Lipinski definition) is 3. The van der Waals surface area contributed by atoms with Crippen molar-refractivity contribution in [2.45, 2.75) is 38.8 Å². The third kappa shape index (κ3) is 5.83. The number of nitrogens with two attached hydrogens (primary N) is 1. The molecule has 1 heterocycles. The van der Waals surface area contributed by atoms with Crippen LogP contribution >= 0.6 is 0 Å². The molecule has 1 aliphatic rings. The fourth-order valence-electron chi connectivity index (χ4n) is 1.27. The number of hydrogen-bond donors (Lipinski definition) is 1. The van der Waals surface area contributed by atoms with Gasteiger partial charge < -0.3 is 15.4 Å². The van der Waals surface area contributed by atoms with E-state index in [1.54, 1.807) is 4.90 Å². The maximum absolute atomic E-state index is 11.6. The van der Waals surface area contributed by atoms with Crippen LogP contribution in [0.5, 0.6) is 0 Å². The molecule has 0 aromatic carbocycles. The molecule has 2 N–H and O–H groups in total. The smallest absolute Gasteiger partial charge is 0.407 e. The summed E-state index contributed by atoms with van der Waals surface area (Å²) >= 11 is 0.